The lowest BCUT2D eigenvalue weighted by molar-refractivity contribution is -0.311. The number of hydrogen-bond donors (Lipinski definition) is 0. The van der Waals surface area contributed by atoms with Gasteiger partial charge >= 0.3 is 0 Å². The zero-order chi connectivity index (χ0) is 18.7. The first-order valence-corrected chi connectivity index (χ1v) is 8.72. The lowest BCUT2D eigenvalue weighted by Crippen LogP contribution is -2.52. The van der Waals surface area contributed by atoms with Gasteiger partial charge in [0.15, 0.2) is 0 Å². The average Bonchev–Trinajstić information content (AvgIpc) is 2.82. The van der Waals surface area contributed by atoms with E-state index in [4.69, 9.17) is 21.7 Å². The predicted molar refractivity (Wildman–Crippen MR) is 98.2 cm³/mol. The molecule has 0 aromatic heterocycles. The number of thiocarbonyl (C=S) groups is 1. The van der Waals surface area contributed by atoms with Crippen LogP contribution in [-0.4, -0.2) is 41.4 Å². The van der Waals surface area contributed by atoms with Gasteiger partial charge in [0.25, 0.3) is 5.91 Å². The molecule has 0 bridgehead atoms. The second-order valence-electron chi connectivity index (χ2n) is 5.67. The number of carbonyl (C=O) groups excluding carboxylic acids is 2. The molecule has 1 aliphatic rings. The molecule has 0 spiro atoms. The Morgan fingerprint density at radius 2 is 2.00 bits per heavy atom. The Balaban J connectivity index is 2.42. The van der Waals surface area contributed by atoms with Crippen molar-refractivity contribution < 1.29 is 24.2 Å². The largest absolute Gasteiger partial charge is 0.548 e. The van der Waals surface area contributed by atoms with E-state index in [0.717, 1.165) is 16.7 Å². The van der Waals surface area contributed by atoms with Crippen LogP contribution in [0.1, 0.15) is 19.4 Å². The minimum absolute atomic E-state index is 0.195. The van der Waals surface area contributed by atoms with Gasteiger partial charge in [0.2, 0.25) is 0 Å². The van der Waals surface area contributed by atoms with Crippen LogP contribution in [0, 0.1) is 5.92 Å². The third-order valence-electron chi connectivity index (χ3n) is 3.70. The van der Waals surface area contributed by atoms with E-state index in [9.17, 15) is 14.7 Å². The summed E-state index contributed by atoms with van der Waals surface area (Å²) in [6.07, 6.45) is 1.62. The summed E-state index contributed by atoms with van der Waals surface area (Å²) < 4.78 is 10.7. The number of hydrogen-bond acceptors (Lipinski definition) is 7. The highest BCUT2D eigenvalue weighted by Gasteiger charge is 2.39. The molecule has 0 unspecified atom stereocenters. The number of aliphatic carboxylic acids is 1. The van der Waals surface area contributed by atoms with Crippen LogP contribution in [-0.2, 0) is 9.59 Å². The van der Waals surface area contributed by atoms with Crippen molar-refractivity contribution in [1.82, 2.24) is 4.90 Å². The fourth-order valence-corrected chi connectivity index (χ4v) is 3.81. The van der Waals surface area contributed by atoms with Gasteiger partial charge < -0.3 is 19.4 Å². The Morgan fingerprint density at radius 3 is 2.52 bits per heavy atom. The molecule has 6 nitrogen and oxygen atoms in total. The summed E-state index contributed by atoms with van der Waals surface area (Å²) in [7, 11) is 3.06. The number of amides is 1. The van der Waals surface area contributed by atoms with Gasteiger partial charge in [-0.3, -0.25) is 9.69 Å². The third kappa shape index (κ3) is 3.96. The molecule has 1 amide bonds. The number of carbonyl (C=O) groups is 2. The maximum Gasteiger partial charge on any atom is 0.266 e. The first kappa shape index (κ1) is 19.3. The van der Waals surface area contributed by atoms with Crippen molar-refractivity contribution in [2.45, 2.75) is 19.9 Å². The Kier molecular flexibility index (Phi) is 6.07. The highest BCUT2D eigenvalue weighted by Crippen LogP contribution is 2.37. The monoisotopic (exact) mass is 380 g/mol. The number of rotatable bonds is 6. The van der Waals surface area contributed by atoms with Gasteiger partial charge in [-0.05, 0) is 30.2 Å². The highest BCUT2D eigenvalue weighted by molar-refractivity contribution is 8.26. The fraction of sp³-hybridized carbons (Fsp3) is 0.353. The van der Waals surface area contributed by atoms with E-state index in [1.807, 2.05) is 0 Å². The second-order valence-corrected chi connectivity index (χ2v) is 7.34. The lowest BCUT2D eigenvalue weighted by Gasteiger charge is -2.30. The van der Waals surface area contributed by atoms with Gasteiger partial charge in [0.05, 0.1) is 31.1 Å². The summed E-state index contributed by atoms with van der Waals surface area (Å²) in [6, 6.07) is 4.09. The molecule has 0 aliphatic carbocycles. The number of methoxy groups -OCH3 is 2. The molecule has 25 heavy (non-hydrogen) atoms. The molecule has 1 aliphatic heterocycles. The standard InChI is InChI=1S/C17H19NO5S2/c1-9(2)14(16(20)21)18-15(19)13(25-17(18)24)8-10-7-11(22-3)5-6-12(10)23-4/h5-9,14H,1-4H3,(H,20,21)/p-1/b13-8+/t14-/m1/s1. The molecule has 1 saturated heterocycles. The van der Waals surface area contributed by atoms with Crippen molar-refractivity contribution in [3.63, 3.8) is 0 Å². The number of thioether (sulfide) groups is 1. The maximum atomic E-state index is 12.7. The van der Waals surface area contributed by atoms with E-state index in [1.165, 1.54) is 14.2 Å². The minimum atomic E-state index is -1.33. The molecular weight excluding hydrogens is 362 g/mol. The number of ether oxygens (including phenoxy) is 2. The van der Waals surface area contributed by atoms with E-state index in [0.29, 0.717) is 22.0 Å². The highest BCUT2D eigenvalue weighted by atomic mass is 32.2. The van der Waals surface area contributed by atoms with Crippen molar-refractivity contribution >= 4 is 46.3 Å². The summed E-state index contributed by atoms with van der Waals surface area (Å²) in [5.41, 5.74) is 0.636. The topological polar surface area (TPSA) is 78.9 Å². The average molecular weight is 380 g/mol. The fourth-order valence-electron chi connectivity index (χ4n) is 2.49. The van der Waals surface area contributed by atoms with Crippen molar-refractivity contribution in [3.05, 3.63) is 28.7 Å². The first-order chi connectivity index (χ1) is 11.8. The molecule has 2 rings (SSSR count). The van der Waals surface area contributed by atoms with Gasteiger partial charge in [-0.25, -0.2) is 0 Å². The molecular formula is C17H18NO5S2-. The molecule has 0 radical (unpaired) electrons. The van der Waals surface area contributed by atoms with Crippen LogP contribution in [0.2, 0.25) is 0 Å². The normalized spacial score (nSPS) is 17.3. The molecule has 134 valence electrons. The number of carboxylic acids is 1. The minimum Gasteiger partial charge on any atom is -0.548 e. The summed E-state index contributed by atoms with van der Waals surface area (Å²) in [4.78, 5) is 25.6. The molecule has 1 heterocycles. The van der Waals surface area contributed by atoms with Crippen molar-refractivity contribution in [3.8, 4) is 11.5 Å². The van der Waals surface area contributed by atoms with Crippen LogP contribution in [0.15, 0.2) is 23.1 Å². The number of benzene rings is 1. The van der Waals surface area contributed by atoms with Gasteiger partial charge in [-0.2, -0.15) is 0 Å². The molecule has 8 heteroatoms. The van der Waals surface area contributed by atoms with Crippen LogP contribution in [0.3, 0.4) is 0 Å². The van der Waals surface area contributed by atoms with Crippen LogP contribution in [0.25, 0.3) is 6.08 Å². The first-order valence-electron chi connectivity index (χ1n) is 7.50. The molecule has 1 aromatic rings. The van der Waals surface area contributed by atoms with Crippen LogP contribution in [0.5, 0.6) is 11.5 Å². The SMILES string of the molecule is COc1ccc(OC)c(/C=C2/SC(=S)N([C@@H](C(=O)[O-])C(C)C)C2=O)c1. The molecule has 1 fully saturated rings. The molecule has 1 aromatic carbocycles. The smallest absolute Gasteiger partial charge is 0.266 e. The quantitative estimate of drug-likeness (QED) is 0.549. The van der Waals surface area contributed by atoms with E-state index in [-0.39, 0.29) is 10.2 Å². The number of carboxylic acid groups (broad SMARTS) is 1. The second kappa shape index (κ2) is 7.88. The van der Waals surface area contributed by atoms with Crippen LogP contribution >= 0.6 is 24.0 Å². The van der Waals surface area contributed by atoms with E-state index in [2.05, 4.69) is 0 Å². The molecule has 1 atom stereocenters. The summed E-state index contributed by atoms with van der Waals surface area (Å²) in [5.74, 6) is -0.948. The van der Waals surface area contributed by atoms with E-state index in [1.54, 1.807) is 38.1 Å². The molecule has 0 N–H and O–H groups in total. The summed E-state index contributed by atoms with van der Waals surface area (Å²) >= 11 is 6.27. The Labute approximate surface area is 155 Å². The van der Waals surface area contributed by atoms with Gasteiger partial charge in [0, 0.05) is 5.56 Å². The van der Waals surface area contributed by atoms with Gasteiger partial charge in [-0.15, -0.1) is 0 Å². The molecule has 0 saturated carbocycles. The maximum absolute atomic E-state index is 12.7. The Morgan fingerprint density at radius 1 is 1.32 bits per heavy atom. The van der Waals surface area contributed by atoms with E-state index < -0.39 is 17.9 Å². The Hall–Kier alpha value is -2.06. The van der Waals surface area contributed by atoms with Crippen molar-refractivity contribution in [2.24, 2.45) is 5.92 Å². The third-order valence-corrected chi connectivity index (χ3v) is 5.03. The van der Waals surface area contributed by atoms with Crippen LogP contribution in [0.4, 0.5) is 0 Å². The summed E-state index contributed by atoms with van der Waals surface area (Å²) in [5, 5.41) is 11.4. The van der Waals surface area contributed by atoms with Crippen molar-refractivity contribution in [1.29, 1.82) is 0 Å². The van der Waals surface area contributed by atoms with E-state index >= 15 is 0 Å². The lowest BCUT2D eigenvalue weighted by atomic mass is 10.0. The Bertz CT molecular complexity index is 745. The zero-order valence-electron chi connectivity index (χ0n) is 14.3. The zero-order valence-corrected chi connectivity index (χ0v) is 15.9. The predicted octanol–water partition coefficient (Wildman–Crippen LogP) is 1.68. The number of nitrogens with zero attached hydrogens (tertiary/aromatic N) is 1. The van der Waals surface area contributed by atoms with Crippen LogP contribution < -0.4 is 14.6 Å². The van der Waals surface area contributed by atoms with Gasteiger partial charge in [-0.1, -0.05) is 37.8 Å². The van der Waals surface area contributed by atoms with Gasteiger partial charge in [0.1, 0.15) is 15.8 Å². The van der Waals surface area contributed by atoms with Crippen molar-refractivity contribution in [2.75, 3.05) is 14.2 Å². The summed E-state index contributed by atoms with van der Waals surface area (Å²) in [6.45, 7) is 3.40.